The van der Waals surface area contributed by atoms with Crippen LogP contribution in [-0.4, -0.2) is 39.5 Å². The van der Waals surface area contributed by atoms with Gasteiger partial charge in [0.2, 0.25) is 5.78 Å². The Balaban J connectivity index is 1.86. The fourth-order valence-corrected chi connectivity index (χ4v) is 3.78. The van der Waals surface area contributed by atoms with Crippen LogP contribution in [-0.2, 0) is 4.79 Å². The van der Waals surface area contributed by atoms with E-state index in [0.29, 0.717) is 12.4 Å². The second kappa shape index (κ2) is 7.06. The Morgan fingerprint density at radius 2 is 1.62 bits per heavy atom. The number of fused-ring (bicyclic) bond motifs is 1. The highest BCUT2D eigenvalue weighted by Gasteiger charge is 2.32. The monoisotopic (exact) mass is 325 g/mol. The molecular weight excluding hydrogens is 300 g/mol. The summed E-state index contributed by atoms with van der Waals surface area (Å²) in [5.41, 5.74) is 2.32. The number of ketones is 1. The number of carbonyl (C=O) groups excluding carboxylic acids is 1. The second-order valence-electron chi connectivity index (χ2n) is 6.68. The van der Waals surface area contributed by atoms with Crippen LogP contribution in [0.4, 0.5) is 11.4 Å². The predicted molar refractivity (Wildman–Crippen MR) is 94.9 cm³/mol. The number of nitriles is 1. The first-order valence-corrected chi connectivity index (χ1v) is 8.71. The third kappa shape index (κ3) is 3.02. The Labute approximate surface area is 143 Å². The van der Waals surface area contributed by atoms with E-state index in [2.05, 4.69) is 6.07 Å². The van der Waals surface area contributed by atoms with E-state index in [1.165, 1.54) is 30.6 Å². The fraction of sp³-hybridized carbons (Fsp3) is 0.474. The molecule has 126 valence electrons. The molecule has 1 saturated heterocycles. The first kappa shape index (κ1) is 16.5. The van der Waals surface area contributed by atoms with Crippen LogP contribution in [0.15, 0.2) is 35.7 Å². The van der Waals surface area contributed by atoms with Crippen molar-refractivity contribution in [1.29, 1.82) is 5.26 Å². The Morgan fingerprint density at radius 3 is 2.12 bits per heavy atom. The zero-order chi connectivity index (χ0) is 17.1. The molecule has 0 amide bonds. The SMILES string of the molecule is CN1C(=C(C#N)C(=O)C[NH+]2CCCCCC2)N(C)c2ccccc21. The Kier molecular flexibility index (Phi) is 4.86. The summed E-state index contributed by atoms with van der Waals surface area (Å²) < 4.78 is 0. The molecule has 0 saturated carbocycles. The molecule has 0 radical (unpaired) electrons. The van der Waals surface area contributed by atoms with Crippen molar-refractivity contribution in [1.82, 2.24) is 0 Å². The van der Waals surface area contributed by atoms with E-state index in [1.54, 1.807) is 0 Å². The van der Waals surface area contributed by atoms with Gasteiger partial charge >= 0.3 is 0 Å². The van der Waals surface area contributed by atoms with Crippen molar-refractivity contribution in [2.75, 3.05) is 43.5 Å². The summed E-state index contributed by atoms with van der Waals surface area (Å²) in [5, 5.41) is 9.67. The number of Topliss-reactive ketones (excluding diaryl/α,β-unsaturated/α-hetero) is 1. The summed E-state index contributed by atoms with van der Waals surface area (Å²) >= 11 is 0. The number of hydrogen-bond donors (Lipinski definition) is 1. The lowest BCUT2D eigenvalue weighted by Gasteiger charge is -2.21. The van der Waals surface area contributed by atoms with Gasteiger partial charge in [-0.05, 0) is 37.8 Å². The molecule has 24 heavy (non-hydrogen) atoms. The maximum Gasteiger partial charge on any atom is 0.231 e. The predicted octanol–water partition coefficient (Wildman–Crippen LogP) is 1.34. The highest BCUT2D eigenvalue weighted by molar-refractivity contribution is 6.03. The largest absolute Gasteiger partial charge is 0.328 e. The molecule has 2 aliphatic heterocycles. The molecule has 5 heteroatoms. The van der Waals surface area contributed by atoms with E-state index >= 15 is 0 Å². The lowest BCUT2D eigenvalue weighted by atomic mass is 10.1. The van der Waals surface area contributed by atoms with Crippen LogP contribution < -0.4 is 14.7 Å². The fourth-order valence-electron chi connectivity index (χ4n) is 3.78. The van der Waals surface area contributed by atoms with Gasteiger partial charge in [-0.15, -0.1) is 0 Å². The number of anilines is 2. The van der Waals surface area contributed by atoms with Crippen molar-refractivity contribution in [2.45, 2.75) is 25.7 Å². The molecule has 0 aromatic heterocycles. The number of benzene rings is 1. The highest BCUT2D eigenvalue weighted by Crippen LogP contribution is 2.40. The molecule has 3 rings (SSSR count). The zero-order valence-electron chi connectivity index (χ0n) is 14.5. The van der Waals surface area contributed by atoms with Gasteiger partial charge in [0.05, 0.1) is 24.5 Å². The minimum absolute atomic E-state index is 0.0455. The summed E-state index contributed by atoms with van der Waals surface area (Å²) in [6, 6.07) is 10.1. The second-order valence-corrected chi connectivity index (χ2v) is 6.68. The Morgan fingerprint density at radius 1 is 1.08 bits per heavy atom. The molecule has 1 fully saturated rings. The van der Waals surface area contributed by atoms with Crippen LogP contribution in [0.1, 0.15) is 25.7 Å². The van der Waals surface area contributed by atoms with Crippen LogP contribution in [0.5, 0.6) is 0 Å². The topological polar surface area (TPSA) is 51.8 Å². The molecule has 0 atom stereocenters. The van der Waals surface area contributed by atoms with E-state index in [0.717, 1.165) is 24.5 Å². The number of para-hydroxylation sites is 2. The van der Waals surface area contributed by atoms with Crippen molar-refractivity contribution in [3.05, 3.63) is 35.7 Å². The third-order valence-corrected chi connectivity index (χ3v) is 5.08. The minimum Gasteiger partial charge on any atom is -0.328 e. The molecule has 2 aliphatic rings. The molecule has 2 heterocycles. The molecule has 0 unspecified atom stereocenters. The van der Waals surface area contributed by atoms with Crippen molar-refractivity contribution >= 4 is 17.2 Å². The van der Waals surface area contributed by atoms with Crippen LogP contribution in [0.2, 0.25) is 0 Å². The maximum atomic E-state index is 12.8. The van der Waals surface area contributed by atoms with Gasteiger partial charge in [-0.1, -0.05) is 12.1 Å². The van der Waals surface area contributed by atoms with E-state index in [9.17, 15) is 10.1 Å². The van der Waals surface area contributed by atoms with Crippen molar-refractivity contribution in [2.24, 2.45) is 0 Å². The molecule has 1 aromatic carbocycles. The number of hydrogen-bond acceptors (Lipinski definition) is 4. The number of nitrogens with zero attached hydrogens (tertiary/aromatic N) is 3. The smallest absolute Gasteiger partial charge is 0.231 e. The van der Waals surface area contributed by atoms with Gasteiger partial charge in [0, 0.05) is 14.1 Å². The van der Waals surface area contributed by atoms with Gasteiger partial charge in [0.25, 0.3) is 0 Å². The van der Waals surface area contributed by atoms with E-state index < -0.39 is 0 Å². The van der Waals surface area contributed by atoms with E-state index in [4.69, 9.17) is 0 Å². The van der Waals surface area contributed by atoms with Gasteiger partial charge in [-0.3, -0.25) is 4.79 Å². The summed E-state index contributed by atoms with van der Waals surface area (Å²) in [5.74, 6) is 0.647. The first-order valence-electron chi connectivity index (χ1n) is 8.71. The van der Waals surface area contributed by atoms with Gasteiger partial charge in [0.1, 0.15) is 24.0 Å². The number of likely N-dealkylation sites (tertiary alicyclic amines) is 1. The molecule has 5 nitrogen and oxygen atoms in total. The molecule has 0 aliphatic carbocycles. The van der Waals surface area contributed by atoms with Crippen LogP contribution in [0, 0.1) is 11.3 Å². The Hall–Kier alpha value is -2.32. The number of carbonyl (C=O) groups is 1. The number of rotatable bonds is 3. The average molecular weight is 325 g/mol. The number of nitrogens with one attached hydrogen (secondary N) is 1. The molecule has 0 bridgehead atoms. The first-order chi connectivity index (χ1) is 11.6. The Bertz CT molecular complexity index is 665. The lowest BCUT2D eigenvalue weighted by molar-refractivity contribution is -0.890. The maximum absolute atomic E-state index is 12.8. The van der Waals surface area contributed by atoms with Gasteiger partial charge in [0.15, 0.2) is 0 Å². The van der Waals surface area contributed by atoms with Crippen LogP contribution in [0.25, 0.3) is 0 Å². The minimum atomic E-state index is -0.0455. The van der Waals surface area contributed by atoms with Crippen LogP contribution >= 0.6 is 0 Å². The molecular formula is C19H25N4O+. The highest BCUT2D eigenvalue weighted by atomic mass is 16.1. The lowest BCUT2D eigenvalue weighted by Crippen LogP contribution is -3.12. The van der Waals surface area contributed by atoms with E-state index in [1.807, 2.05) is 48.2 Å². The summed E-state index contributed by atoms with van der Waals surface area (Å²) in [7, 11) is 3.84. The zero-order valence-corrected chi connectivity index (χ0v) is 14.5. The van der Waals surface area contributed by atoms with Crippen molar-refractivity contribution < 1.29 is 9.69 Å². The summed E-state index contributed by atoms with van der Waals surface area (Å²) in [4.78, 5) is 18.0. The van der Waals surface area contributed by atoms with Gasteiger partial charge in [-0.25, -0.2) is 0 Å². The number of quaternary nitrogens is 1. The van der Waals surface area contributed by atoms with E-state index in [-0.39, 0.29) is 11.4 Å². The van der Waals surface area contributed by atoms with Crippen LogP contribution in [0.3, 0.4) is 0 Å². The van der Waals surface area contributed by atoms with Gasteiger partial charge in [-0.2, -0.15) is 5.26 Å². The molecule has 0 spiro atoms. The molecule has 1 aromatic rings. The quantitative estimate of drug-likeness (QED) is 0.673. The summed E-state index contributed by atoms with van der Waals surface area (Å²) in [6.45, 7) is 2.49. The normalized spacial score (nSPS) is 18.1. The van der Waals surface area contributed by atoms with Crippen molar-refractivity contribution in [3.8, 4) is 6.07 Å². The van der Waals surface area contributed by atoms with Crippen molar-refractivity contribution in [3.63, 3.8) is 0 Å². The third-order valence-electron chi connectivity index (χ3n) is 5.08. The standard InChI is InChI=1S/C19H24N4O/c1-21-16-9-5-6-10-17(16)22(2)19(21)15(13-20)18(24)14-23-11-7-3-4-8-12-23/h5-6,9-10H,3-4,7-8,11-12,14H2,1-2H3/p+1. The average Bonchev–Trinajstić information content (AvgIpc) is 2.77. The molecule has 1 N–H and O–H groups in total. The summed E-state index contributed by atoms with van der Waals surface area (Å²) in [6.07, 6.45) is 4.86. The van der Waals surface area contributed by atoms with Gasteiger partial charge < -0.3 is 14.7 Å².